The van der Waals surface area contributed by atoms with Crippen molar-refractivity contribution < 1.29 is 0 Å². The molecule has 0 aliphatic heterocycles. The van der Waals surface area contributed by atoms with Crippen LogP contribution in [0.2, 0.25) is 0 Å². The van der Waals surface area contributed by atoms with Crippen molar-refractivity contribution in [1.29, 1.82) is 10.5 Å². The highest BCUT2D eigenvalue weighted by molar-refractivity contribution is 14.1. The smallest absolute Gasteiger partial charge is 0.191 e. The van der Waals surface area contributed by atoms with Crippen LogP contribution >= 0.6 is 22.6 Å². The lowest BCUT2D eigenvalue weighted by atomic mass is 10.2. The van der Waals surface area contributed by atoms with Gasteiger partial charge in [0.2, 0.25) is 0 Å². The maximum atomic E-state index is 8.11. The lowest BCUT2D eigenvalue weighted by molar-refractivity contribution is 1.08. The second-order valence-corrected chi connectivity index (χ2v) is 3.38. The third-order valence-electron chi connectivity index (χ3n) is 0.420. The van der Waals surface area contributed by atoms with E-state index in [2.05, 4.69) is 0 Å². The first-order chi connectivity index (χ1) is 3.12. The third kappa shape index (κ3) is 2.41. The largest absolute Gasteiger partial charge is 0.196 e. The quantitative estimate of drug-likeness (QED) is 0.442. The number of hydrogen-bond acceptors (Lipinski definition) is 2. The fourth-order valence-corrected chi connectivity index (χ4v) is 0.0250. The Hall–Kier alpha value is -0.290. The van der Waals surface area contributed by atoms with Gasteiger partial charge in [-0.15, -0.1) is 0 Å². The Morgan fingerprint density at radius 1 is 1.43 bits per heavy atom. The van der Waals surface area contributed by atoms with Gasteiger partial charge in [0.25, 0.3) is 0 Å². The summed E-state index contributed by atoms with van der Waals surface area (Å²) < 4.78 is -0.836. The molecule has 0 radical (unpaired) electrons. The molecule has 0 atom stereocenters. The van der Waals surface area contributed by atoms with Crippen molar-refractivity contribution in [2.75, 3.05) is 0 Å². The summed E-state index contributed by atoms with van der Waals surface area (Å²) >= 11 is 1.78. The predicted octanol–water partition coefficient (Wildman–Crippen LogP) is 1.23. The van der Waals surface area contributed by atoms with Crippen molar-refractivity contribution in [3.8, 4) is 12.1 Å². The fraction of sp³-hybridized carbons (Fsp3) is 0.500. The number of hydrogen-bond donors (Lipinski definition) is 0. The Morgan fingerprint density at radius 2 is 1.71 bits per heavy atom. The Kier molecular flexibility index (Phi) is 2.04. The molecular formula is C4H3IN2. The molecule has 0 saturated carbocycles. The van der Waals surface area contributed by atoms with Crippen LogP contribution < -0.4 is 0 Å². The molecule has 0 aromatic heterocycles. The average Bonchev–Trinajstić information content (AvgIpc) is 1.68. The minimum atomic E-state index is -0.836. The number of halogens is 1. The van der Waals surface area contributed by atoms with Crippen molar-refractivity contribution in [3.63, 3.8) is 0 Å². The molecular weight excluding hydrogens is 203 g/mol. The van der Waals surface area contributed by atoms with E-state index >= 15 is 0 Å². The van der Waals surface area contributed by atoms with Crippen LogP contribution in [-0.2, 0) is 0 Å². The monoisotopic (exact) mass is 206 g/mol. The lowest BCUT2D eigenvalue weighted by Crippen LogP contribution is -2.05. The molecule has 0 aliphatic carbocycles. The first kappa shape index (κ1) is 6.71. The Bertz CT molecular complexity index is 121. The van der Waals surface area contributed by atoms with E-state index in [0.717, 1.165) is 0 Å². The number of alkyl halides is 1. The normalized spacial score (nSPS) is 9.14. The van der Waals surface area contributed by atoms with E-state index in [1.807, 2.05) is 12.1 Å². The minimum Gasteiger partial charge on any atom is -0.196 e. The summed E-state index contributed by atoms with van der Waals surface area (Å²) in [6.45, 7) is 1.56. The first-order valence-corrected chi connectivity index (χ1v) is 2.71. The van der Waals surface area contributed by atoms with Gasteiger partial charge in [-0.25, -0.2) is 0 Å². The van der Waals surface area contributed by atoms with Crippen LogP contribution in [0.25, 0.3) is 0 Å². The summed E-state index contributed by atoms with van der Waals surface area (Å²) in [5.41, 5.74) is 0. The van der Waals surface area contributed by atoms with Crippen molar-refractivity contribution in [1.82, 2.24) is 0 Å². The highest BCUT2D eigenvalue weighted by Crippen LogP contribution is 2.13. The highest BCUT2D eigenvalue weighted by atomic mass is 127. The summed E-state index contributed by atoms with van der Waals surface area (Å²) in [6, 6.07) is 3.63. The van der Waals surface area contributed by atoms with E-state index in [0.29, 0.717) is 0 Å². The van der Waals surface area contributed by atoms with Crippen LogP contribution in [0.3, 0.4) is 0 Å². The van der Waals surface area contributed by atoms with Crippen molar-refractivity contribution in [2.24, 2.45) is 0 Å². The molecule has 0 aromatic rings. The maximum Gasteiger partial charge on any atom is 0.191 e. The first-order valence-electron chi connectivity index (χ1n) is 1.64. The van der Waals surface area contributed by atoms with Crippen LogP contribution in [0, 0.1) is 22.7 Å². The van der Waals surface area contributed by atoms with Crippen molar-refractivity contribution in [2.45, 2.75) is 10.3 Å². The number of nitriles is 2. The van der Waals surface area contributed by atoms with E-state index in [-0.39, 0.29) is 0 Å². The van der Waals surface area contributed by atoms with E-state index < -0.39 is 3.42 Å². The summed E-state index contributed by atoms with van der Waals surface area (Å²) in [4.78, 5) is 0. The van der Waals surface area contributed by atoms with Crippen LogP contribution in [-0.4, -0.2) is 3.42 Å². The highest BCUT2D eigenvalue weighted by Gasteiger charge is 2.15. The zero-order valence-corrected chi connectivity index (χ0v) is 5.93. The number of rotatable bonds is 0. The minimum absolute atomic E-state index is 0.836. The van der Waals surface area contributed by atoms with Gasteiger partial charge in [-0.3, -0.25) is 0 Å². The molecule has 0 amide bonds. The molecule has 0 N–H and O–H groups in total. The zero-order valence-electron chi connectivity index (χ0n) is 3.77. The van der Waals surface area contributed by atoms with Crippen LogP contribution in [0.1, 0.15) is 6.92 Å². The molecule has 7 heavy (non-hydrogen) atoms. The third-order valence-corrected chi connectivity index (χ3v) is 0.902. The molecule has 36 valence electrons. The fourth-order valence-electron chi connectivity index (χ4n) is 0.0250. The Labute approximate surface area is 55.9 Å². The van der Waals surface area contributed by atoms with Crippen LogP contribution in [0.15, 0.2) is 0 Å². The van der Waals surface area contributed by atoms with E-state index in [9.17, 15) is 0 Å². The SMILES string of the molecule is CC(I)(C#N)C#N. The van der Waals surface area contributed by atoms with Gasteiger partial charge in [-0.2, -0.15) is 10.5 Å². The maximum absolute atomic E-state index is 8.11. The average molecular weight is 206 g/mol. The Morgan fingerprint density at radius 3 is 1.71 bits per heavy atom. The van der Waals surface area contributed by atoms with Gasteiger partial charge in [0, 0.05) is 0 Å². The zero-order chi connectivity index (χ0) is 5.91. The molecule has 2 nitrogen and oxygen atoms in total. The molecule has 0 aliphatic rings. The molecule has 0 saturated heterocycles. The Balaban J connectivity index is 4.00. The summed E-state index contributed by atoms with van der Waals surface area (Å²) in [5, 5.41) is 16.2. The molecule has 0 spiro atoms. The topological polar surface area (TPSA) is 47.6 Å². The van der Waals surface area contributed by atoms with Gasteiger partial charge in [0.1, 0.15) is 0 Å². The van der Waals surface area contributed by atoms with Gasteiger partial charge in [0.05, 0.1) is 12.1 Å². The molecule has 0 fully saturated rings. The second kappa shape index (κ2) is 2.13. The van der Waals surface area contributed by atoms with E-state index in [1.165, 1.54) is 0 Å². The second-order valence-electron chi connectivity index (χ2n) is 1.23. The van der Waals surface area contributed by atoms with E-state index in [1.54, 1.807) is 29.5 Å². The summed E-state index contributed by atoms with van der Waals surface area (Å²) in [6.07, 6.45) is 0. The molecule has 0 rings (SSSR count). The van der Waals surface area contributed by atoms with Crippen molar-refractivity contribution in [3.05, 3.63) is 0 Å². The summed E-state index contributed by atoms with van der Waals surface area (Å²) in [7, 11) is 0. The molecule has 0 bridgehead atoms. The van der Waals surface area contributed by atoms with Crippen LogP contribution in [0.5, 0.6) is 0 Å². The van der Waals surface area contributed by atoms with Gasteiger partial charge in [0.15, 0.2) is 3.42 Å². The summed E-state index contributed by atoms with van der Waals surface area (Å²) in [5.74, 6) is 0. The van der Waals surface area contributed by atoms with Gasteiger partial charge < -0.3 is 0 Å². The lowest BCUT2D eigenvalue weighted by Gasteiger charge is -1.94. The van der Waals surface area contributed by atoms with Gasteiger partial charge in [-0.1, -0.05) is 0 Å². The molecule has 0 unspecified atom stereocenters. The molecule has 0 heterocycles. The van der Waals surface area contributed by atoms with Gasteiger partial charge >= 0.3 is 0 Å². The standard InChI is InChI=1S/C4H3IN2/c1-4(5,2-6)3-7/h1H3. The van der Waals surface area contributed by atoms with Crippen molar-refractivity contribution >= 4 is 22.6 Å². The van der Waals surface area contributed by atoms with E-state index in [4.69, 9.17) is 10.5 Å². The van der Waals surface area contributed by atoms with Crippen LogP contribution in [0.4, 0.5) is 0 Å². The predicted molar refractivity (Wildman–Crippen MR) is 33.7 cm³/mol. The molecule has 3 heteroatoms. The van der Waals surface area contributed by atoms with Gasteiger partial charge in [-0.05, 0) is 29.5 Å². The molecule has 0 aromatic carbocycles. The number of nitrogens with zero attached hydrogens (tertiary/aromatic N) is 2.